The van der Waals surface area contributed by atoms with Gasteiger partial charge in [-0.05, 0) is 40.9 Å². The summed E-state index contributed by atoms with van der Waals surface area (Å²) in [5.74, 6) is 0. The molecule has 11 heavy (non-hydrogen) atoms. The van der Waals surface area contributed by atoms with Gasteiger partial charge in [0.05, 0.1) is 0 Å². The first-order valence-corrected chi connectivity index (χ1v) is 4.09. The van der Waals surface area contributed by atoms with Gasteiger partial charge in [-0.3, -0.25) is 0 Å². The van der Waals surface area contributed by atoms with Crippen LogP contribution in [-0.4, -0.2) is 31.6 Å². The Kier molecular flexibility index (Phi) is 5.16. The minimum Gasteiger partial charge on any atom is -0.330 e. The van der Waals surface area contributed by atoms with Gasteiger partial charge in [-0.15, -0.1) is 0 Å². The maximum absolute atomic E-state index is 5.49. The Morgan fingerprint density at radius 3 is 2.27 bits per heavy atom. The maximum Gasteiger partial charge on any atom is 0.0286 e. The number of hydrogen-bond acceptors (Lipinski definition) is 2. The standard InChI is InChI=1S/C9H20N2/c1-8(2)7-9(5-6-10)11(3)4/h7,9H,5-6,10H2,1-4H3. The lowest BCUT2D eigenvalue weighted by molar-refractivity contribution is 0.330. The van der Waals surface area contributed by atoms with Gasteiger partial charge in [0.2, 0.25) is 0 Å². The third-order valence-electron chi connectivity index (χ3n) is 1.65. The minimum atomic E-state index is 0.505. The molecule has 2 N–H and O–H groups in total. The summed E-state index contributed by atoms with van der Waals surface area (Å²) in [6.45, 7) is 4.99. The van der Waals surface area contributed by atoms with Gasteiger partial charge in [0.15, 0.2) is 0 Å². The van der Waals surface area contributed by atoms with Crippen molar-refractivity contribution in [2.24, 2.45) is 5.73 Å². The molecule has 0 saturated heterocycles. The van der Waals surface area contributed by atoms with Crippen LogP contribution in [-0.2, 0) is 0 Å². The number of likely N-dealkylation sites (N-methyl/N-ethyl adjacent to an activating group) is 1. The lowest BCUT2D eigenvalue weighted by Crippen LogP contribution is -2.28. The molecule has 0 aromatic carbocycles. The van der Waals surface area contributed by atoms with Gasteiger partial charge >= 0.3 is 0 Å². The van der Waals surface area contributed by atoms with E-state index in [-0.39, 0.29) is 0 Å². The Morgan fingerprint density at radius 2 is 2.00 bits per heavy atom. The fourth-order valence-corrected chi connectivity index (χ4v) is 1.05. The Labute approximate surface area is 70.1 Å². The second-order valence-electron chi connectivity index (χ2n) is 3.35. The van der Waals surface area contributed by atoms with Gasteiger partial charge in [0.25, 0.3) is 0 Å². The molecule has 0 aliphatic carbocycles. The van der Waals surface area contributed by atoms with E-state index in [0.29, 0.717) is 6.04 Å². The number of hydrogen-bond donors (Lipinski definition) is 1. The third-order valence-corrected chi connectivity index (χ3v) is 1.65. The van der Waals surface area contributed by atoms with E-state index < -0.39 is 0 Å². The quantitative estimate of drug-likeness (QED) is 0.620. The van der Waals surface area contributed by atoms with Gasteiger partial charge in [-0.25, -0.2) is 0 Å². The SMILES string of the molecule is CC(C)=CC(CCN)N(C)C. The lowest BCUT2D eigenvalue weighted by Gasteiger charge is -2.20. The molecule has 0 fully saturated rings. The second kappa shape index (κ2) is 5.33. The van der Waals surface area contributed by atoms with E-state index in [0.717, 1.165) is 13.0 Å². The minimum absolute atomic E-state index is 0.505. The van der Waals surface area contributed by atoms with Gasteiger partial charge < -0.3 is 10.6 Å². The highest BCUT2D eigenvalue weighted by Gasteiger charge is 2.05. The summed E-state index contributed by atoms with van der Waals surface area (Å²) in [5, 5.41) is 0. The van der Waals surface area contributed by atoms with E-state index in [9.17, 15) is 0 Å². The van der Waals surface area contributed by atoms with Crippen LogP contribution in [0.1, 0.15) is 20.3 Å². The topological polar surface area (TPSA) is 29.3 Å². The monoisotopic (exact) mass is 156 g/mol. The van der Waals surface area contributed by atoms with Gasteiger partial charge in [-0.2, -0.15) is 0 Å². The van der Waals surface area contributed by atoms with E-state index >= 15 is 0 Å². The van der Waals surface area contributed by atoms with E-state index in [1.165, 1.54) is 5.57 Å². The molecule has 66 valence electrons. The summed E-state index contributed by atoms with van der Waals surface area (Å²) in [5.41, 5.74) is 6.85. The van der Waals surface area contributed by atoms with Gasteiger partial charge in [0, 0.05) is 6.04 Å². The summed E-state index contributed by atoms with van der Waals surface area (Å²) < 4.78 is 0. The van der Waals surface area contributed by atoms with Crippen LogP contribution in [0.4, 0.5) is 0 Å². The highest BCUT2D eigenvalue weighted by atomic mass is 15.1. The van der Waals surface area contributed by atoms with E-state index in [1.807, 2.05) is 0 Å². The van der Waals surface area contributed by atoms with Crippen molar-refractivity contribution < 1.29 is 0 Å². The zero-order valence-electron chi connectivity index (χ0n) is 8.09. The summed E-state index contributed by atoms with van der Waals surface area (Å²) in [4.78, 5) is 2.19. The first-order valence-electron chi connectivity index (χ1n) is 4.09. The first kappa shape index (κ1) is 10.7. The number of nitrogens with zero attached hydrogens (tertiary/aromatic N) is 1. The third kappa shape index (κ3) is 4.99. The van der Waals surface area contributed by atoms with Crippen LogP contribution < -0.4 is 5.73 Å². The fraction of sp³-hybridized carbons (Fsp3) is 0.778. The van der Waals surface area contributed by atoms with Crippen molar-refractivity contribution in [1.29, 1.82) is 0 Å². The van der Waals surface area contributed by atoms with Crippen molar-refractivity contribution in [1.82, 2.24) is 4.90 Å². The van der Waals surface area contributed by atoms with Crippen molar-refractivity contribution in [3.05, 3.63) is 11.6 Å². The predicted octanol–water partition coefficient (Wildman–Crippen LogP) is 1.23. The summed E-state index contributed by atoms with van der Waals surface area (Å²) in [6.07, 6.45) is 3.30. The molecule has 2 nitrogen and oxygen atoms in total. The molecule has 0 aliphatic heterocycles. The Morgan fingerprint density at radius 1 is 1.45 bits per heavy atom. The first-order chi connectivity index (χ1) is 5.07. The molecular formula is C9H20N2. The molecule has 0 heterocycles. The Balaban J connectivity index is 4.00. The summed E-state index contributed by atoms with van der Waals surface area (Å²) in [6, 6.07) is 0.505. The highest BCUT2D eigenvalue weighted by Crippen LogP contribution is 2.03. The molecule has 0 aliphatic rings. The van der Waals surface area contributed by atoms with Crippen LogP contribution in [0.5, 0.6) is 0 Å². The molecule has 0 amide bonds. The molecule has 1 atom stereocenters. The van der Waals surface area contributed by atoms with Crippen LogP contribution in [0, 0.1) is 0 Å². The molecule has 2 heteroatoms. The molecule has 0 aromatic rings. The second-order valence-corrected chi connectivity index (χ2v) is 3.35. The van der Waals surface area contributed by atoms with Crippen molar-refractivity contribution >= 4 is 0 Å². The Bertz CT molecular complexity index is 124. The number of nitrogens with two attached hydrogens (primary N) is 1. The van der Waals surface area contributed by atoms with Crippen LogP contribution in [0.2, 0.25) is 0 Å². The van der Waals surface area contributed by atoms with E-state index in [1.54, 1.807) is 0 Å². The fourth-order valence-electron chi connectivity index (χ4n) is 1.05. The van der Waals surface area contributed by atoms with Gasteiger partial charge in [0.1, 0.15) is 0 Å². The van der Waals surface area contributed by atoms with Crippen LogP contribution >= 0.6 is 0 Å². The molecule has 0 aromatic heterocycles. The van der Waals surface area contributed by atoms with E-state index in [2.05, 4.69) is 38.9 Å². The average molecular weight is 156 g/mol. The predicted molar refractivity (Wildman–Crippen MR) is 50.6 cm³/mol. The Hall–Kier alpha value is -0.340. The molecule has 0 rings (SSSR count). The van der Waals surface area contributed by atoms with Crippen molar-refractivity contribution in [3.63, 3.8) is 0 Å². The zero-order valence-corrected chi connectivity index (χ0v) is 8.09. The van der Waals surface area contributed by atoms with Crippen LogP contribution in [0.15, 0.2) is 11.6 Å². The maximum atomic E-state index is 5.49. The largest absolute Gasteiger partial charge is 0.330 e. The summed E-state index contributed by atoms with van der Waals surface area (Å²) in [7, 11) is 4.17. The average Bonchev–Trinajstić information content (AvgIpc) is 1.86. The zero-order chi connectivity index (χ0) is 8.85. The van der Waals surface area contributed by atoms with E-state index in [4.69, 9.17) is 5.73 Å². The van der Waals surface area contributed by atoms with Crippen molar-refractivity contribution in [3.8, 4) is 0 Å². The molecule has 1 unspecified atom stereocenters. The van der Waals surface area contributed by atoms with Gasteiger partial charge in [-0.1, -0.05) is 11.6 Å². The summed E-state index contributed by atoms with van der Waals surface area (Å²) >= 11 is 0. The van der Waals surface area contributed by atoms with Crippen LogP contribution in [0.25, 0.3) is 0 Å². The number of rotatable bonds is 4. The van der Waals surface area contributed by atoms with Crippen molar-refractivity contribution in [2.45, 2.75) is 26.3 Å². The molecule has 0 spiro atoms. The molecular weight excluding hydrogens is 136 g/mol. The lowest BCUT2D eigenvalue weighted by atomic mass is 10.1. The van der Waals surface area contributed by atoms with Crippen LogP contribution in [0.3, 0.4) is 0 Å². The smallest absolute Gasteiger partial charge is 0.0286 e. The number of allylic oxidation sites excluding steroid dienone is 1. The molecule has 0 saturated carbocycles. The normalized spacial score (nSPS) is 13.3. The van der Waals surface area contributed by atoms with Crippen molar-refractivity contribution in [2.75, 3.05) is 20.6 Å². The molecule has 0 radical (unpaired) electrons. The highest BCUT2D eigenvalue weighted by molar-refractivity contribution is 5.00. The molecule has 0 bridgehead atoms.